The summed E-state index contributed by atoms with van der Waals surface area (Å²) in [4.78, 5) is 13.2. The minimum atomic E-state index is -4.09. The van der Waals surface area contributed by atoms with Crippen LogP contribution in [0, 0.1) is 6.92 Å². The lowest BCUT2D eigenvalue weighted by molar-refractivity contribution is -0.114. The van der Waals surface area contributed by atoms with Crippen LogP contribution in [-0.2, 0) is 24.8 Å². The van der Waals surface area contributed by atoms with Gasteiger partial charge in [-0.2, -0.15) is 4.31 Å². The number of carbonyl (C=O) groups excluding carboxylic acids is 1. The van der Waals surface area contributed by atoms with Gasteiger partial charge in [-0.05, 0) is 87.4 Å². The molecule has 1 saturated heterocycles. The standard InChI is InChI=1S/C28H33N3O6S2/c1-3-37-25-13-17-27(18-14-25)39(35,36)31(24-11-7-22(2)8-12-24)21-28(32)29-23-9-15-26(16-10-23)38(33,34)30-19-5-4-6-20-30/h7-18H,3-6,19-21H2,1-2H3,(H,29,32). The molecule has 4 rings (SSSR count). The summed E-state index contributed by atoms with van der Waals surface area (Å²) >= 11 is 0. The van der Waals surface area contributed by atoms with Crippen molar-refractivity contribution in [2.75, 3.05) is 35.9 Å². The van der Waals surface area contributed by atoms with Gasteiger partial charge in [-0.15, -0.1) is 0 Å². The predicted molar refractivity (Wildman–Crippen MR) is 151 cm³/mol. The van der Waals surface area contributed by atoms with E-state index in [2.05, 4.69) is 5.32 Å². The number of carbonyl (C=O) groups is 1. The number of aryl methyl sites for hydroxylation is 1. The third-order valence-corrected chi connectivity index (χ3v) is 10.1. The van der Waals surface area contributed by atoms with Crippen LogP contribution in [0.2, 0.25) is 0 Å². The van der Waals surface area contributed by atoms with Crippen molar-refractivity contribution >= 4 is 37.3 Å². The Balaban J connectivity index is 1.53. The van der Waals surface area contributed by atoms with Gasteiger partial charge in [-0.1, -0.05) is 24.1 Å². The number of nitrogens with zero attached hydrogens (tertiary/aromatic N) is 2. The first-order valence-electron chi connectivity index (χ1n) is 12.8. The molecule has 1 amide bonds. The fourth-order valence-corrected chi connectivity index (χ4v) is 7.26. The van der Waals surface area contributed by atoms with Crippen molar-refractivity contribution < 1.29 is 26.4 Å². The van der Waals surface area contributed by atoms with Gasteiger partial charge in [-0.3, -0.25) is 9.10 Å². The lowest BCUT2D eigenvalue weighted by atomic mass is 10.2. The van der Waals surface area contributed by atoms with E-state index in [0.717, 1.165) is 29.1 Å². The number of amides is 1. The van der Waals surface area contributed by atoms with Crippen molar-refractivity contribution in [3.8, 4) is 5.75 Å². The van der Waals surface area contributed by atoms with Gasteiger partial charge in [0.1, 0.15) is 12.3 Å². The Labute approximate surface area is 230 Å². The molecule has 0 aliphatic carbocycles. The van der Waals surface area contributed by atoms with E-state index in [0.29, 0.717) is 36.8 Å². The van der Waals surface area contributed by atoms with Gasteiger partial charge in [-0.25, -0.2) is 16.8 Å². The van der Waals surface area contributed by atoms with Gasteiger partial charge in [0, 0.05) is 18.8 Å². The third kappa shape index (κ3) is 6.78. The zero-order chi connectivity index (χ0) is 28.0. The lowest BCUT2D eigenvalue weighted by Gasteiger charge is -2.26. The van der Waals surface area contributed by atoms with Gasteiger partial charge in [0.25, 0.3) is 10.0 Å². The molecule has 1 aliphatic heterocycles. The average molecular weight is 572 g/mol. The van der Waals surface area contributed by atoms with E-state index in [4.69, 9.17) is 4.74 Å². The number of hydrogen-bond donors (Lipinski definition) is 1. The Morgan fingerprint density at radius 1 is 0.846 bits per heavy atom. The van der Waals surface area contributed by atoms with Gasteiger partial charge < -0.3 is 10.1 Å². The van der Waals surface area contributed by atoms with Crippen LogP contribution in [-0.4, -0.2) is 53.3 Å². The summed E-state index contributed by atoms with van der Waals surface area (Å²) in [5.74, 6) is -0.0291. The summed E-state index contributed by atoms with van der Waals surface area (Å²) in [7, 11) is -7.69. The van der Waals surface area contributed by atoms with Crippen LogP contribution >= 0.6 is 0 Å². The van der Waals surface area contributed by atoms with Crippen molar-refractivity contribution in [2.24, 2.45) is 0 Å². The summed E-state index contributed by atoms with van der Waals surface area (Å²) in [5, 5.41) is 2.69. The van der Waals surface area contributed by atoms with Crippen LogP contribution in [0.25, 0.3) is 0 Å². The van der Waals surface area contributed by atoms with Crippen molar-refractivity contribution in [3.05, 3.63) is 78.4 Å². The third-order valence-electron chi connectivity index (χ3n) is 6.42. The molecule has 0 saturated carbocycles. The van der Waals surface area contributed by atoms with E-state index in [1.165, 1.54) is 40.7 Å². The fraction of sp³-hybridized carbons (Fsp3) is 0.321. The molecule has 0 aromatic heterocycles. The minimum Gasteiger partial charge on any atom is -0.494 e. The number of ether oxygens (including phenoxy) is 1. The van der Waals surface area contributed by atoms with Crippen LogP contribution in [0.1, 0.15) is 31.7 Å². The van der Waals surface area contributed by atoms with Crippen LogP contribution in [0.4, 0.5) is 11.4 Å². The molecule has 0 bridgehead atoms. The smallest absolute Gasteiger partial charge is 0.264 e. The second kappa shape index (κ2) is 12.2. The lowest BCUT2D eigenvalue weighted by Crippen LogP contribution is -2.38. The molecule has 1 heterocycles. The zero-order valence-electron chi connectivity index (χ0n) is 22.0. The molecule has 0 unspecified atom stereocenters. The van der Waals surface area contributed by atoms with Crippen molar-refractivity contribution in [1.29, 1.82) is 0 Å². The first kappa shape index (κ1) is 28.6. The van der Waals surface area contributed by atoms with E-state index < -0.39 is 32.5 Å². The molecule has 1 fully saturated rings. The van der Waals surface area contributed by atoms with Gasteiger partial charge in [0.15, 0.2) is 0 Å². The van der Waals surface area contributed by atoms with Crippen LogP contribution < -0.4 is 14.4 Å². The molecule has 0 spiro atoms. The van der Waals surface area contributed by atoms with Gasteiger partial charge in [0.05, 0.1) is 22.1 Å². The summed E-state index contributed by atoms with van der Waals surface area (Å²) < 4.78 is 61.0. The maximum absolute atomic E-state index is 13.6. The molecule has 39 heavy (non-hydrogen) atoms. The van der Waals surface area contributed by atoms with E-state index in [9.17, 15) is 21.6 Å². The van der Waals surface area contributed by atoms with E-state index in [1.807, 2.05) is 13.8 Å². The number of nitrogens with one attached hydrogen (secondary N) is 1. The van der Waals surface area contributed by atoms with Crippen molar-refractivity contribution in [2.45, 2.75) is 42.9 Å². The Hall–Kier alpha value is -3.41. The molecule has 9 nitrogen and oxygen atoms in total. The Morgan fingerprint density at radius 3 is 2.03 bits per heavy atom. The summed E-state index contributed by atoms with van der Waals surface area (Å²) in [6, 6.07) is 18.8. The molecular formula is C28H33N3O6S2. The highest BCUT2D eigenvalue weighted by Crippen LogP contribution is 2.26. The molecule has 1 N–H and O–H groups in total. The number of anilines is 2. The molecular weight excluding hydrogens is 538 g/mol. The second-order valence-electron chi connectivity index (χ2n) is 9.29. The van der Waals surface area contributed by atoms with E-state index in [1.54, 1.807) is 36.4 Å². The topological polar surface area (TPSA) is 113 Å². The summed E-state index contributed by atoms with van der Waals surface area (Å²) in [6.45, 7) is 4.69. The van der Waals surface area contributed by atoms with Crippen molar-refractivity contribution in [3.63, 3.8) is 0 Å². The molecule has 208 valence electrons. The maximum Gasteiger partial charge on any atom is 0.264 e. The predicted octanol–water partition coefficient (Wildman–Crippen LogP) is 4.40. The largest absolute Gasteiger partial charge is 0.494 e. The van der Waals surface area contributed by atoms with Crippen LogP contribution in [0.15, 0.2) is 82.6 Å². The number of hydrogen-bond acceptors (Lipinski definition) is 6. The van der Waals surface area contributed by atoms with Gasteiger partial charge in [0.2, 0.25) is 15.9 Å². The minimum absolute atomic E-state index is 0.0200. The first-order chi connectivity index (χ1) is 18.6. The fourth-order valence-electron chi connectivity index (χ4n) is 4.32. The van der Waals surface area contributed by atoms with E-state index in [-0.39, 0.29) is 9.79 Å². The SMILES string of the molecule is CCOc1ccc(S(=O)(=O)N(CC(=O)Nc2ccc(S(=O)(=O)N3CCCCC3)cc2)c2ccc(C)cc2)cc1. The molecule has 0 radical (unpaired) electrons. The highest BCUT2D eigenvalue weighted by atomic mass is 32.2. The molecule has 3 aromatic carbocycles. The zero-order valence-corrected chi connectivity index (χ0v) is 23.7. The normalized spacial score (nSPS) is 14.5. The Bertz CT molecular complexity index is 1480. The monoisotopic (exact) mass is 571 g/mol. The van der Waals surface area contributed by atoms with Crippen molar-refractivity contribution in [1.82, 2.24) is 4.31 Å². The van der Waals surface area contributed by atoms with Crippen LogP contribution in [0.3, 0.4) is 0 Å². The Kier molecular flexibility index (Phi) is 8.94. The summed E-state index contributed by atoms with van der Waals surface area (Å²) in [6.07, 6.45) is 2.69. The molecule has 3 aromatic rings. The second-order valence-corrected chi connectivity index (χ2v) is 13.1. The number of piperidine rings is 1. The van der Waals surface area contributed by atoms with Crippen LogP contribution in [0.5, 0.6) is 5.75 Å². The molecule has 1 aliphatic rings. The highest BCUT2D eigenvalue weighted by molar-refractivity contribution is 7.92. The number of sulfonamides is 2. The number of benzene rings is 3. The van der Waals surface area contributed by atoms with Gasteiger partial charge >= 0.3 is 0 Å². The Morgan fingerprint density at radius 2 is 1.44 bits per heavy atom. The highest BCUT2D eigenvalue weighted by Gasteiger charge is 2.28. The molecule has 11 heteroatoms. The maximum atomic E-state index is 13.6. The number of rotatable bonds is 10. The first-order valence-corrected chi connectivity index (χ1v) is 15.7. The summed E-state index contributed by atoms with van der Waals surface area (Å²) in [5.41, 5.74) is 1.65. The average Bonchev–Trinajstić information content (AvgIpc) is 2.93. The quantitative estimate of drug-likeness (QED) is 0.386. The van der Waals surface area contributed by atoms with E-state index >= 15 is 0 Å². The molecule has 0 atom stereocenters.